The van der Waals surface area contributed by atoms with Crippen molar-refractivity contribution in [3.8, 4) is 5.75 Å². The quantitative estimate of drug-likeness (QED) is 0.575. The van der Waals surface area contributed by atoms with E-state index >= 15 is 0 Å². The zero-order valence-corrected chi connectivity index (χ0v) is 17.2. The van der Waals surface area contributed by atoms with Crippen LogP contribution in [0.1, 0.15) is 22.4 Å². The fraction of sp³-hybridized carbons (Fsp3) is 0.320. The minimum Gasteiger partial charge on any atom is -0.487 e. The lowest BCUT2D eigenvalue weighted by atomic mass is 10.00. The van der Waals surface area contributed by atoms with Crippen LogP contribution >= 0.6 is 0 Å². The number of pyridine rings is 1. The van der Waals surface area contributed by atoms with E-state index < -0.39 is 0 Å². The van der Waals surface area contributed by atoms with Crippen LogP contribution in [0, 0.1) is 0 Å². The lowest BCUT2D eigenvalue weighted by Gasteiger charge is -2.30. The van der Waals surface area contributed by atoms with Gasteiger partial charge in [-0.15, -0.1) is 0 Å². The lowest BCUT2D eigenvalue weighted by molar-refractivity contribution is 0.104. The SMILES string of the molecule is OC(CNCc1cccc(OCc2ccccn2)c1)CN1CCc2ccccc2C1. The first-order chi connectivity index (χ1) is 14.8. The fourth-order valence-electron chi connectivity index (χ4n) is 3.84. The molecular formula is C25H29N3O2. The molecule has 5 heteroatoms. The molecule has 0 amide bonds. The summed E-state index contributed by atoms with van der Waals surface area (Å²) in [6, 6.07) is 22.4. The van der Waals surface area contributed by atoms with E-state index in [1.165, 1.54) is 11.1 Å². The molecule has 1 aromatic heterocycles. The number of aromatic nitrogens is 1. The summed E-state index contributed by atoms with van der Waals surface area (Å²) in [6.45, 7) is 4.33. The maximum absolute atomic E-state index is 10.5. The van der Waals surface area contributed by atoms with Crippen molar-refractivity contribution in [1.29, 1.82) is 0 Å². The van der Waals surface area contributed by atoms with Gasteiger partial charge < -0.3 is 15.2 Å². The van der Waals surface area contributed by atoms with Crippen LogP contribution in [0.25, 0.3) is 0 Å². The summed E-state index contributed by atoms with van der Waals surface area (Å²) in [7, 11) is 0. The van der Waals surface area contributed by atoms with Gasteiger partial charge >= 0.3 is 0 Å². The van der Waals surface area contributed by atoms with Crippen molar-refractivity contribution in [1.82, 2.24) is 15.2 Å². The number of aliphatic hydroxyl groups excluding tert-OH is 1. The number of β-amino-alcohol motifs (C(OH)–C–C–N with tert-alkyl or cyclic N) is 1. The maximum atomic E-state index is 10.5. The van der Waals surface area contributed by atoms with Crippen molar-refractivity contribution in [2.45, 2.75) is 32.2 Å². The molecule has 0 bridgehead atoms. The van der Waals surface area contributed by atoms with E-state index in [1.807, 2.05) is 36.4 Å². The maximum Gasteiger partial charge on any atom is 0.130 e. The summed E-state index contributed by atoms with van der Waals surface area (Å²) >= 11 is 0. The Morgan fingerprint density at radius 1 is 1.03 bits per heavy atom. The molecule has 4 rings (SSSR count). The van der Waals surface area contributed by atoms with Crippen LogP contribution in [-0.2, 0) is 26.1 Å². The Balaban J connectivity index is 1.20. The third-order valence-electron chi connectivity index (χ3n) is 5.40. The number of rotatable bonds is 9. The first-order valence-electron chi connectivity index (χ1n) is 10.6. The zero-order valence-electron chi connectivity index (χ0n) is 17.2. The van der Waals surface area contributed by atoms with Gasteiger partial charge in [-0.05, 0) is 47.4 Å². The third-order valence-corrected chi connectivity index (χ3v) is 5.40. The second-order valence-corrected chi connectivity index (χ2v) is 7.80. The Kier molecular flexibility index (Phi) is 7.08. The molecule has 0 fully saturated rings. The van der Waals surface area contributed by atoms with Crippen molar-refractivity contribution in [3.05, 3.63) is 95.3 Å². The minimum absolute atomic E-state index is 0.390. The molecule has 0 saturated heterocycles. The highest BCUT2D eigenvalue weighted by molar-refractivity contribution is 5.29. The van der Waals surface area contributed by atoms with Crippen LogP contribution in [-0.4, -0.2) is 40.7 Å². The fourth-order valence-corrected chi connectivity index (χ4v) is 3.84. The molecule has 2 heterocycles. The number of aliphatic hydroxyl groups is 1. The van der Waals surface area contributed by atoms with E-state index in [-0.39, 0.29) is 6.10 Å². The van der Waals surface area contributed by atoms with Gasteiger partial charge in [0.25, 0.3) is 0 Å². The zero-order chi connectivity index (χ0) is 20.6. The molecule has 1 unspecified atom stereocenters. The lowest BCUT2D eigenvalue weighted by Crippen LogP contribution is -2.40. The molecule has 2 N–H and O–H groups in total. The summed E-state index contributed by atoms with van der Waals surface area (Å²) in [6.07, 6.45) is 2.44. The van der Waals surface area contributed by atoms with Gasteiger partial charge in [0.2, 0.25) is 0 Å². The number of nitrogens with zero attached hydrogens (tertiary/aromatic N) is 2. The summed E-state index contributed by atoms with van der Waals surface area (Å²) < 4.78 is 5.84. The predicted molar refractivity (Wildman–Crippen MR) is 118 cm³/mol. The Hall–Kier alpha value is -2.73. The standard InChI is InChI=1S/C25H29N3O2/c29-24(18-28-13-11-21-7-1-2-8-22(21)17-28)16-26-15-20-6-5-10-25(14-20)30-19-23-9-3-4-12-27-23/h1-10,12,14,24,26,29H,11,13,15-19H2. The smallest absolute Gasteiger partial charge is 0.130 e. The summed E-state index contributed by atoms with van der Waals surface area (Å²) in [5.74, 6) is 0.826. The number of ether oxygens (including phenoxy) is 1. The Bertz CT molecular complexity index is 932. The van der Waals surface area contributed by atoms with Gasteiger partial charge in [0.15, 0.2) is 0 Å². The molecule has 1 aliphatic heterocycles. The number of hydrogen-bond acceptors (Lipinski definition) is 5. The highest BCUT2D eigenvalue weighted by Gasteiger charge is 2.18. The van der Waals surface area contributed by atoms with Crippen LogP contribution in [0.2, 0.25) is 0 Å². The summed E-state index contributed by atoms with van der Waals surface area (Å²) in [4.78, 5) is 6.61. The van der Waals surface area contributed by atoms with E-state index in [1.54, 1.807) is 6.20 Å². The molecule has 0 radical (unpaired) electrons. The first kappa shape index (κ1) is 20.5. The van der Waals surface area contributed by atoms with Crippen LogP contribution < -0.4 is 10.1 Å². The van der Waals surface area contributed by atoms with E-state index in [4.69, 9.17) is 4.74 Å². The monoisotopic (exact) mass is 403 g/mol. The number of fused-ring (bicyclic) bond motifs is 1. The summed E-state index contributed by atoms with van der Waals surface area (Å²) in [5, 5.41) is 13.8. The second-order valence-electron chi connectivity index (χ2n) is 7.80. The van der Waals surface area contributed by atoms with Crippen molar-refractivity contribution in [3.63, 3.8) is 0 Å². The minimum atomic E-state index is -0.390. The molecule has 1 atom stereocenters. The number of hydrogen-bond donors (Lipinski definition) is 2. The topological polar surface area (TPSA) is 57.6 Å². The van der Waals surface area contributed by atoms with Gasteiger partial charge in [-0.25, -0.2) is 0 Å². The van der Waals surface area contributed by atoms with Crippen LogP contribution in [0.5, 0.6) is 5.75 Å². The highest BCUT2D eigenvalue weighted by Crippen LogP contribution is 2.18. The van der Waals surface area contributed by atoms with Crippen LogP contribution in [0.4, 0.5) is 0 Å². The van der Waals surface area contributed by atoms with Gasteiger partial charge in [-0.3, -0.25) is 9.88 Å². The molecule has 1 aliphatic rings. The van der Waals surface area contributed by atoms with Gasteiger partial charge in [0.1, 0.15) is 12.4 Å². The van der Waals surface area contributed by atoms with E-state index in [9.17, 15) is 5.11 Å². The molecule has 0 saturated carbocycles. The molecule has 0 spiro atoms. The molecule has 5 nitrogen and oxygen atoms in total. The third kappa shape index (κ3) is 5.89. The van der Waals surface area contributed by atoms with E-state index in [0.717, 1.165) is 36.5 Å². The van der Waals surface area contributed by atoms with Gasteiger partial charge in [0, 0.05) is 38.9 Å². The van der Waals surface area contributed by atoms with Crippen molar-refractivity contribution >= 4 is 0 Å². The number of benzene rings is 2. The van der Waals surface area contributed by atoms with Crippen LogP contribution in [0.3, 0.4) is 0 Å². The molecule has 156 valence electrons. The van der Waals surface area contributed by atoms with Crippen molar-refractivity contribution in [2.75, 3.05) is 19.6 Å². The molecular weight excluding hydrogens is 374 g/mol. The normalized spacial score (nSPS) is 14.8. The second kappa shape index (κ2) is 10.3. The van der Waals surface area contributed by atoms with Crippen molar-refractivity contribution in [2.24, 2.45) is 0 Å². The van der Waals surface area contributed by atoms with E-state index in [0.29, 0.717) is 26.2 Å². The molecule has 3 aromatic rings. The van der Waals surface area contributed by atoms with Gasteiger partial charge in [-0.1, -0.05) is 42.5 Å². The predicted octanol–water partition coefficient (Wildman–Crippen LogP) is 3.17. The Morgan fingerprint density at radius 3 is 2.77 bits per heavy atom. The Labute approximate surface area is 178 Å². The average Bonchev–Trinajstić information content (AvgIpc) is 2.79. The number of nitrogens with one attached hydrogen (secondary N) is 1. The largest absolute Gasteiger partial charge is 0.487 e. The van der Waals surface area contributed by atoms with Crippen molar-refractivity contribution < 1.29 is 9.84 Å². The molecule has 2 aromatic carbocycles. The van der Waals surface area contributed by atoms with Crippen LogP contribution in [0.15, 0.2) is 72.9 Å². The highest BCUT2D eigenvalue weighted by atomic mass is 16.5. The van der Waals surface area contributed by atoms with Gasteiger partial charge in [0.05, 0.1) is 11.8 Å². The Morgan fingerprint density at radius 2 is 1.90 bits per heavy atom. The first-order valence-corrected chi connectivity index (χ1v) is 10.6. The average molecular weight is 404 g/mol. The molecule has 30 heavy (non-hydrogen) atoms. The summed E-state index contributed by atoms with van der Waals surface area (Å²) in [5.41, 5.74) is 4.86. The van der Waals surface area contributed by atoms with Gasteiger partial charge in [-0.2, -0.15) is 0 Å². The van der Waals surface area contributed by atoms with E-state index in [2.05, 4.69) is 45.5 Å². The molecule has 0 aliphatic carbocycles.